The van der Waals surface area contributed by atoms with E-state index in [1.165, 1.54) is 0 Å². The Labute approximate surface area is 104 Å². The van der Waals surface area contributed by atoms with E-state index in [4.69, 9.17) is 18.0 Å². The van der Waals surface area contributed by atoms with Crippen molar-refractivity contribution in [3.63, 3.8) is 0 Å². The highest BCUT2D eigenvalue weighted by Crippen LogP contribution is 2.20. The molecule has 0 amide bonds. The van der Waals surface area contributed by atoms with Crippen LogP contribution >= 0.6 is 12.2 Å². The van der Waals surface area contributed by atoms with E-state index in [9.17, 15) is 0 Å². The Morgan fingerprint density at radius 2 is 2.00 bits per heavy atom. The van der Waals surface area contributed by atoms with Gasteiger partial charge in [-0.25, -0.2) is 4.68 Å². The van der Waals surface area contributed by atoms with Crippen LogP contribution in [0.2, 0.25) is 0 Å². The lowest BCUT2D eigenvalue weighted by molar-refractivity contribution is 0.708. The predicted octanol–water partition coefficient (Wildman–Crippen LogP) is 0.612. The van der Waals surface area contributed by atoms with Gasteiger partial charge in [0, 0.05) is 25.3 Å². The summed E-state index contributed by atoms with van der Waals surface area (Å²) < 4.78 is 1.60. The van der Waals surface area contributed by atoms with Gasteiger partial charge in [-0.05, 0) is 34.7 Å². The monoisotopic (exact) mass is 248 g/mol. The Bertz CT molecular complexity index is 532. The summed E-state index contributed by atoms with van der Waals surface area (Å²) in [7, 11) is 3.68. The second kappa shape index (κ2) is 4.46. The van der Waals surface area contributed by atoms with Gasteiger partial charge in [-0.15, -0.1) is 0 Å². The third-order valence-electron chi connectivity index (χ3n) is 2.44. The number of hydrogen-bond donors (Lipinski definition) is 1. The van der Waals surface area contributed by atoms with E-state index in [0.717, 1.165) is 11.3 Å². The maximum Gasteiger partial charge on any atom is 0.249 e. The van der Waals surface area contributed by atoms with Crippen LogP contribution in [0.5, 0.6) is 0 Å². The Hall–Kier alpha value is -2.02. The third kappa shape index (κ3) is 2.23. The molecule has 1 heterocycles. The molecule has 0 bridgehead atoms. The highest BCUT2D eigenvalue weighted by atomic mass is 32.1. The summed E-state index contributed by atoms with van der Waals surface area (Å²) in [4.78, 5) is 2.27. The summed E-state index contributed by atoms with van der Waals surface area (Å²) >= 11 is 4.90. The maximum absolute atomic E-state index is 5.54. The molecule has 2 N–H and O–H groups in total. The lowest BCUT2D eigenvalue weighted by Gasteiger charge is -2.16. The van der Waals surface area contributed by atoms with Crippen molar-refractivity contribution in [3.05, 3.63) is 29.8 Å². The normalized spacial score (nSPS) is 10.2. The van der Waals surface area contributed by atoms with Crippen molar-refractivity contribution < 1.29 is 0 Å². The average molecular weight is 248 g/mol. The zero-order valence-corrected chi connectivity index (χ0v) is 10.3. The Balaban J connectivity index is 2.29. The molecular formula is C10H12N6S. The molecule has 0 aliphatic rings. The molecule has 0 saturated carbocycles. The van der Waals surface area contributed by atoms with Crippen LogP contribution in [-0.2, 0) is 7.05 Å². The van der Waals surface area contributed by atoms with Gasteiger partial charge in [0.05, 0.1) is 0 Å². The molecule has 88 valence electrons. The average Bonchev–Trinajstić information content (AvgIpc) is 2.74. The lowest BCUT2D eigenvalue weighted by Crippen LogP contribution is -2.15. The molecule has 0 unspecified atom stereocenters. The quantitative estimate of drug-likeness (QED) is 0.802. The smallest absolute Gasteiger partial charge is 0.249 e. The molecule has 7 heteroatoms. The molecule has 0 atom stereocenters. The van der Waals surface area contributed by atoms with Crippen LogP contribution in [0.3, 0.4) is 0 Å². The number of tetrazole rings is 1. The minimum Gasteiger partial charge on any atom is -0.389 e. The highest BCUT2D eigenvalue weighted by molar-refractivity contribution is 7.80. The van der Waals surface area contributed by atoms with Crippen LogP contribution in [0.4, 0.5) is 11.6 Å². The van der Waals surface area contributed by atoms with Crippen LogP contribution < -0.4 is 10.6 Å². The molecule has 2 rings (SSSR count). The summed E-state index contributed by atoms with van der Waals surface area (Å²) in [5.74, 6) is 0.660. The number of thiocarbonyl (C=S) groups is 1. The molecule has 0 aliphatic carbocycles. The van der Waals surface area contributed by atoms with Gasteiger partial charge in [0.25, 0.3) is 0 Å². The minimum absolute atomic E-state index is 0.388. The summed E-state index contributed by atoms with van der Waals surface area (Å²) in [6, 6.07) is 7.59. The van der Waals surface area contributed by atoms with Crippen LogP contribution in [0, 0.1) is 0 Å². The van der Waals surface area contributed by atoms with Gasteiger partial charge >= 0.3 is 0 Å². The SMILES string of the molecule is CN(c1ccc(C(N)=S)cc1)c1nnnn1C. The van der Waals surface area contributed by atoms with E-state index in [-0.39, 0.29) is 0 Å². The molecule has 0 aliphatic heterocycles. The zero-order valence-electron chi connectivity index (χ0n) is 9.53. The minimum atomic E-state index is 0.388. The summed E-state index contributed by atoms with van der Waals surface area (Å²) in [5, 5.41) is 11.3. The van der Waals surface area contributed by atoms with Crippen molar-refractivity contribution in [3.8, 4) is 0 Å². The fourth-order valence-electron chi connectivity index (χ4n) is 1.47. The van der Waals surface area contributed by atoms with Crippen LogP contribution in [-0.4, -0.2) is 32.2 Å². The first-order valence-corrected chi connectivity index (χ1v) is 5.36. The molecule has 0 fully saturated rings. The third-order valence-corrected chi connectivity index (χ3v) is 2.67. The topological polar surface area (TPSA) is 72.9 Å². The van der Waals surface area contributed by atoms with Crippen LogP contribution in [0.15, 0.2) is 24.3 Å². The van der Waals surface area contributed by atoms with Gasteiger partial charge in [0.15, 0.2) is 0 Å². The van der Waals surface area contributed by atoms with Gasteiger partial charge in [0.1, 0.15) is 4.99 Å². The van der Waals surface area contributed by atoms with Gasteiger partial charge in [-0.2, -0.15) is 0 Å². The maximum atomic E-state index is 5.54. The number of aryl methyl sites for hydroxylation is 1. The van der Waals surface area contributed by atoms with Crippen LogP contribution in [0.1, 0.15) is 5.56 Å². The number of anilines is 2. The summed E-state index contributed by atoms with van der Waals surface area (Å²) in [6.07, 6.45) is 0. The molecule has 2 aromatic rings. The molecule has 0 radical (unpaired) electrons. The van der Waals surface area contributed by atoms with E-state index in [2.05, 4.69) is 15.5 Å². The fourth-order valence-corrected chi connectivity index (χ4v) is 1.61. The van der Waals surface area contributed by atoms with Crippen LogP contribution in [0.25, 0.3) is 0 Å². The second-order valence-electron chi connectivity index (χ2n) is 3.57. The first-order valence-electron chi connectivity index (χ1n) is 4.95. The first-order chi connectivity index (χ1) is 8.09. The number of benzene rings is 1. The van der Waals surface area contributed by atoms with Crippen molar-refractivity contribution in [1.82, 2.24) is 20.2 Å². The van der Waals surface area contributed by atoms with Gasteiger partial charge in [-0.3, -0.25) is 0 Å². The van der Waals surface area contributed by atoms with Gasteiger partial charge in [0.2, 0.25) is 5.95 Å². The molecule has 0 spiro atoms. The lowest BCUT2D eigenvalue weighted by atomic mass is 10.2. The van der Waals surface area contributed by atoms with E-state index in [1.54, 1.807) is 11.7 Å². The zero-order chi connectivity index (χ0) is 12.4. The standard InChI is InChI=1S/C10H12N6S/c1-15(10-12-13-14-16(10)2)8-5-3-7(4-6-8)9(11)17/h3-6H,1-2H3,(H2,11,17). The Kier molecular flexibility index (Phi) is 3.01. The molecule has 17 heavy (non-hydrogen) atoms. The van der Waals surface area contributed by atoms with Crippen molar-refractivity contribution in [2.75, 3.05) is 11.9 Å². The van der Waals surface area contributed by atoms with E-state index in [0.29, 0.717) is 10.9 Å². The number of nitrogens with two attached hydrogens (primary N) is 1. The van der Waals surface area contributed by atoms with Gasteiger partial charge in [-0.1, -0.05) is 17.3 Å². The summed E-state index contributed by atoms with van der Waals surface area (Å²) in [6.45, 7) is 0. The highest BCUT2D eigenvalue weighted by Gasteiger charge is 2.10. The molecular weight excluding hydrogens is 236 g/mol. The van der Waals surface area contributed by atoms with Crippen molar-refractivity contribution in [1.29, 1.82) is 0 Å². The van der Waals surface area contributed by atoms with E-state index < -0.39 is 0 Å². The molecule has 6 nitrogen and oxygen atoms in total. The molecule has 0 saturated heterocycles. The second-order valence-corrected chi connectivity index (χ2v) is 4.01. The molecule has 1 aromatic carbocycles. The first kappa shape index (κ1) is 11.5. The number of aromatic nitrogens is 4. The van der Waals surface area contributed by atoms with Crippen molar-refractivity contribution in [2.45, 2.75) is 0 Å². The largest absolute Gasteiger partial charge is 0.389 e. The summed E-state index contributed by atoms with van der Waals surface area (Å²) in [5.41, 5.74) is 7.34. The predicted molar refractivity (Wildman–Crippen MR) is 69.2 cm³/mol. The van der Waals surface area contributed by atoms with Gasteiger partial charge < -0.3 is 10.6 Å². The molecule has 1 aromatic heterocycles. The fraction of sp³-hybridized carbons (Fsp3) is 0.200. The Morgan fingerprint density at radius 3 is 2.47 bits per heavy atom. The van der Waals surface area contributed by atoms with Crippen molar-refractivity contribution in [2.24, 2.45) is 12.8 Å². The number of rotatable bonds is 3. The van der Waals surface area contributed by atoms with E-state index in [1.807, 2.05) is 36.2 Å². The number of nitrogens with zero attached hydrogens (tertiary/aromatic N) is 5. The Morgan fingerprint density at radius 1 is 1.35 bits per heavy atom. The van der Waals surface area contributed by atoms with E-state index >= 15 is 0 Å². The number of hydrogen-bond acceptors (Lipinski definition) is 5. The van der Waals surface area contributed by atoms with Crippen molar-refractivity contribution >= 4 is 28.8 Å².